The third-order valence-electron chi connectivity index (χ3n) is 2.37. The lowest BCUT2D eigenvalue weighted by Gasteiger charge is -2.07. The summed E-state index contributed by atoms with van der Waals surface area (Å²) in [7, 11) is 0. The Bertz CT molecular complexity index is 601. The lowest BCUT2D eigenvalue weighted by Crippen LogP contribution is -2.30. The fourth-order valence-corrected chi connectivity index (χ4v) is 2.54. The van der Waals surface area contributed by atoms with Gasteiger partial charge in [0.25, 0.3) is 5.91 Å². The molecule has 0 aliphatic rings. The number of rotatable bonds is 4. The number of halogens is 2. The largest absolute Gasteiger partial charge is 0.489 e. The van der Waals surface area contributed by atoms with Crippen LogP contribution in [0, 0.1) is 0 Å². The van der Waals surface area contributed by atoms with Crippen molar-refractivity contribution in [2.24, 2.45) is 5.84 Å². The van der Waals surface area contributed by atoms with Crippen molar-refractivity contribution >= 4 is 40.4 Å². The van der Waals surface area contributed by atoms with E-state index in [1.54, 1.807) is 23.6 Å². The second kappa shape index (κ2) is 6.25. The van der Waals surface area contributed by atoms with Gasteiger partial charge < -0.3 is 4.74 Å². The molecule has 0 aliphatic heterocycles. The van der Waals surface area contributed by atoms with Gasteiger partial charge in [0.15, 0.2) is 0 Å². The van der Waals surface area contributed by atoms with Gasteiger partial charge in [-0.3, -0.25) is 10.2 Å². The molecular weight excluding hydrogens is 307 g/mol. The zero-order valence-electron chi connectivity index (χ0n) is 9.65. The van der Waals surface area contributed by atoms with Gasteiger partial charge in [0.05, 0.1) is 14.9 Å². The van der Waals surface area contributed by atoms with Crippen LogP contribution in [-0.4, -0.2) is 5.91 Å². The molecule has 1 aromatic heterocycles. The highest BCUT2D eigenvalue weighted by Gasteiger charge is 2.12. The molecular formula is C12H10Cl2N2O2S. The normalized spacial score (nSPS) is 10.3. The van der Waals surface area contributed by atoms with Crippen molar-refractivity contribution in [3.63, 3.8) is 0 Å². The summed E-state index contributed by atoms with van der Waals surface area (Å²) in [5.74, 6) is 5.36. The molecule has 2 rings (SSSR count). The monoisotopic (exact) mass is 316 g/mol. The van der Waals surface area contributed by atoms with Crippen LogP contribution in [0.15, 0.2) is 29.6 Å². The molecule has 0 saturated carbocycles. The maximum Gasteiger partial charge on any atom is 0.275 e. The quantitative estimate of drug-likeness (QED) is 0.517. The maximum absolute atomic E-state index is 11.5. The minimum atomic E-state index is -0.331. The highest BCUT2D eigenvalue weighted by atomic mass is 35.5. The van der Waals surface area contributed by atoms with E-state index in [0.717, 1.165) is 5.56 Å². The molecule has 3 N–H and O–H groups in total. The maximum atomic E-state index is 11.5. The van der Waals surface area contributed by atoms with E-state index >= 15 is 0 Å². The molecule has 1 heterocycles. The van der Waals surface area contributed by atoms with Crippen molar-refractivity contribution in [3.8, 4) is 5.75 Å². The van der Waals surface area contributed by atoms with Crippen molar-refractivity contribution in [1.82, 2.24) is 5.43 Å². The molecule has 0 bridgehead atoms. The number of benzene rings is 1. The molecule has 0 radical (unpaired) electrons. The molecule has 100 valence electrons. The van der Waals surface area contributed by atoms with E-state index < -0.39 is 0 Å². The number of hydrazine groups is 1. The topological polar surface area (TPSA) is 64.3 Å². The number of hydrogen-bond donors (Lipinski definition) is 2. The molecule has 0 saturated heterocycles. The first kappa shape index (κ1) is 14.1. The van der Waals surface area contributed by atoms with Crippen LogP contribution >= 0.6 is 34.5 Å². The molecule has 0 spiro atoms. The molecule has 4 nitrogen and oxygen atoms in total. The number of amides is 1. The van der Waals surface area contributed by atoms with Crippen LogP contribution in [0.3, 0.4) is 0 Å². The molecule has 19 heavy (non-hydrogen) atoms. The van der Waals surface area contributed by atoms with Crippen LogP contribution in [0.4, 0.5) is 0 Å². The number of nitrogen functional groups attached to an aromatic ring is 1. The summed E-state index contributed by atoms with van der Waals surface area (Å²) in [5, 5.41) is 2.69. The van der Waals surface area contributed by atoms with Crippen LogP contribution in [0.5, 0.6) is 5.75 Å². The van der Waals surface area contributed by atoms with Crippen molar-refractivity contribution in [1.29, 1.82) is 0 Å². The predicted molar refractivity (Wildman–Crippen MR) is 76.8 cm³/mol. The standard InChI is InChI=1S/C12H10Cl2N2O2S/c13-9-2-1-8(5-10(9)14)18-6-7-3-4-19-11(7)12(17)16-15/h1-5H,6,15H2,(H,16,17). The summed E-state index contributed by atoms with van der Waals surface area (Å²) in [6.45, 7) is 0.254. The van der Waals surface area contributed by atoms with E-state index in [2.05, 4.69) is 5.43 Å². The van der Waals surface area contributed by atoms with Gasteiger partial charge in [-0.15, -0.1) is 11.3 Å². The van der Waals surface area contributed by atoms with Gasteiger partial charge in [0.2, 0.25) is 0 Å². The van der Waals surface area contributed by atoms with Gasteiger partial charge in [-0.1, -0.05) is 23.2 Å². The summed E-state index contributed by atoms with van der Waals surface area (Å²) in [6, 6.07) is 6.80. The summed E-state index contributed by atoms with van der Waals surface area (Å²) in [4.78, 5) is 12.0. The van der Waals surface area contributed by atoms with Crippen molar-refractivity contribution in [2.75, 3.05) is 0 Å². The van der Waals surface area contributed by atoms with Gasteiger partial charge in [-0.25, -0.2) is 5.84 Å². The molecule has 7 heteroatoms. The molecule has 0 unspecified atom stereocenters. The highest BCUT2D eigenvalue weighted by Crippen LogP contribution is 2.27. The van der Waals surface area contributed by atoms with E-state index in [4.69, 9.17) is 33.8 Å². The van der Waals surface area contributed by atoms with Crippen molar-refractivity contribution in [2.45, 2.75) is 6.61 Å². The average Bonchev–Trinajstić information content (AvgIpc) is 2.87. The van der Waals surface area contributed by atoms with Crippen LogP contribution in [0.1, 0.15) is 15.2 Å². The second-order valence-corrected chi connectivity index (χ2v) is 5.34. The van der Waals surface area contributed by atoms with Crippen molar-refractivity contribution < 1.29 is 9.53 Å². The third kappa shape index (κ3) is 3.39. The lowest BCUT2D eigenvalue weighted by molar-refractivity contribution is 0.0955. The molecule has 0 aliphatic carbocycles. The van der Waals surface area contributed by atoms with Gasteiger partial charge >= 0.3 is 0 Å². The first-order valence-electron chi connectivity index (χ1n) is 5.27. The first-order valence-corrected chi connectivity index (χ1v) is 6.90. The molecule has 1 amide bonds. The van der Waals surface area contributed by atoms with Crippen molar-refractivity contribution in [3.05, 3.63) is 50.1 Å². The van der Waals surface area contributed by atoms with Gasteiger partial charge in [0, 0.05) is 11.6 Å². The zero-order valence-corrected chi connectivity index (χ0v) is 12.0. The predicted octanol–water partition coefficient (Wildman–Crippen LogP) is 3.24. The summed E-state index contributed by atoms with van der Waals surface area (Å²) in [6.07, 6.45) is 0. The van der Waals surface area contributed by atoms with E-state index in [1.807, 2.05) is 6.07 Å². The second-order valence-electron chi connectivity index (χ2n) is 3.61. The summed E-state index contributed by atoms with van der Waals surface area (Å²) in [5.41, 5.74) is 2.86. The smallest absolute Gasteiger partial charge is 0.275 e. The third-order valence-corrected chi connectivity index (χ3v) is 4.06. The minimum absolute atomic E-state index is 0.254. The number of nitrogens with one attached hydrogen (secondary N) is 1. The minimum Gasteiger partial charge on any atom is -0.489 e. The van der Waals surface area contributed by atoms with Crippen LogP contribution in [-0.2, 0) is 6.61 Å². The van der Waals surface area contributed by atoms with E-state index in [-0.39, 0.29) is 12.5 Å². The van der Waals surface area contributed by atoms with Gasteiger partial charge in [-0.05, 0) is 23.6 Å². The zero-order chi connectivity index (χ0) is 13.8. The summed E-state index contributed by atoms with van der Waals surface area (Å²) >= 11 is 13.0. The first-order chi connectivity index (χ1) is 9.11. The fraction of sp³-hybridized carbons (Fsp3) is 0.0833. The molecule has 2 aromatic rings. The Balaban J connectivity index is 2.08. The molecule has 1 aromatic carbocycles. The van der Waals surface area contributed by atoms with Crippen LogP contribution < -0.4 is 16.0 Å². The van der Waals surface area contributed by atoms with E-state index in [9.17, 15) is 4.79 Å². The highest BCUT2D eigenvalue weighted by molar-refractivity contribution is 7.12. The number of ether oxygens (including phenoxy) is 1. The van der Waals surface area contributed by atoms with Crippen LogP contribution in [0.25, 0.3) is 0 Å². The number of nitrogens with two attached hydrogens (primary N) is 1. The van der Waals surface area contributed by atoms with Crippen LogP contribution in [0.2, 0.25) is 10.0 Å². The SMILES string of the molecule is NNC(=O)c1sccc1COc1ccc(Cl)c(Cl)c1. The summed E-state index contributed by atoms with van der Waals surface area (Å²) < 4.78 is 5.56. The number of carbonyl (C=O) groups excluding carboxylic acids is 1. The number of thiophene rings is 1. The Morgan fingerprint density at radius 3 is 2.79 bits per heavy atom. The van der Waals surface area contributed by atoms with Gasteiger partial charge in [-0.2, -0.15) is 0 Å². The van der Waals surface area contributed by atoms with Gasteiger partial charge in [0.1, 0.15) is 12.4 Å². The Kier molecular flexibility index (Phi) is 4.66. The Morgan fingerprint density at radius 1 is 1.32 bits per heavy atom. The Morgan fingerprint density at radius 2 is 2.11 bits per heavy atom. The molecule has 0 fully saturated rings. The van der Waals surface area contributed by atoms with E-state index in [1.165, 1.54) is 11.3 Å². The Hall–Kier alpha value is -1.27. The Labute approximate surface area is 124 Å². The molecule has 0 atom stereocenters. The van der Waals surface area contributed by atoms with E-state index in [0.29, 0.717) is 20.7 Å². The fourth-order valence-electron chi connectivity index (χ4n) is 1.44. The number of carbonyl (C=O) groups is 1. The lowest BCUT2D eigenvalue weighted by atomic mass is 10.2. The number of hydrogen-bond acceptors (Lipinski definition) is 4. The average molecular weight is 317 g/mol.